The molecule has 0 atom stereocenters. The van der Waals surface area contributed by atoms with Gasteiger partial charge in [-0.25, -0.2) is 0 Å². The van der Waals surface area contributed by atoms with Crippen LogP contribution in [0.2, 0.25) is 0 Å². The number of fused-ring (bicyclic) bond motifs is 2. The second-order valence-corrected chi connectivity index (χ2v) is 6.61. The molecule has 0 fully saturated rings. The summed E-state index contributed by atoms with van der Waals surface area (Å²) < 4.78 is 11.7. The zero-order chi connectivity index (χ0) is 16.7. The van der Waals surface area contributed by atoms with E-state index in [4.69, 9.17) is 9.47 Å². The van der Waals surface area contributed by atoms with Crippen LogP contribution in [-0.2, 0) is 4.79 Å². The summed E-state index contributed by atoms with van der Waals surface area (Å²) in [6, 6.07) is 11.7. The largest absolute Gasteiger partial charge is 0.454 e. The Bertz CT molecular complexity index is 860. The molecule has 0 bridgehead atoms. The lowest BCUT2D eigenvalue weighted by atomic mass is 10.0. The highest BCUT2D eigenvalue weighted by Crippen LogP contribution is 2.41. The molecule has 24 heavy (non-hydrogen) atoms. The topological polar surface area (TPSA) is 38.8 Å². The van der Waals surface area contributed by atoms with E-state index < -0.39 is 0 Å². The molecule has 0 saturated carbocycles. The smallest absolute Gasteiger partial charge is 0.258 e. The maximum atomic E-state index is 12.9. The highest BCUT2D eigenvalue weighted by atomic mass is 79.9. The SMILES string of the molecule is CCCN1C(=O)/C(=C\c2cc3c(cc2Br)OCO3)c2ccccc21. The Kier molecular flexibility index (Phi) is 3.81. The maximum absolute atomic E-state index is 12.9. The van der Waals surface area contributed by atoms with Gasteiger partial charge in [-0.2, -0.15) is 0 Å². The van der Waals surface area contributed by atoms with Crippen molar-refractivity contribution in [3.8, 4) is 11.5 Å². The third-order valence-electron chi connectivity index (χ3n) is 4.20. The van der Waals surface area contributed by atoms with Crippen LogP contribution in [-0.4, -0.2) is 19.2 Å². The number of hydrogen-bond acceptors (Lipinski definition) is 3. The first-order chi connectivity index (χ1) is 11.7. The molecular weight excluding hydrogens is 370 g/mol. The van der Waals surface area contributed by atoms with Gasteiger partial charge >= 0.3 is 0 Å². The monoisotopic (exact) mass is 385 g/mol. The predicted octanol–water partition coefficient (Wildman–Crippen LogP) is 4.48. The lowest BCUT2D eigenvalue weighted by molar-refractivity contribution is -0.113. The van der Waals surface area contributed by atoms with E-state index in [1.165, 1.54) is 0 Å². The van der Waals surface area contributed by atoms with E-state index in [0.29, 0.717) is 11.3 Å². The Morgan fingerprint density at radius 3 is 2.75 bits per heavy atom. The molecule has 0 aromatic heterocycles. The van der Waals surface area contributed by atoms with E-state index in [-0.39, 0.29) is 12.7 Å². The number of ether oxygens (including phenoxy) is 2. The van der Waals surface area contributed by atoms with Crippen molar-refractivity contribution in [1.29, 1.82) is 0 Å². The van der Waals surface area contributed by atoms with E-state index in [2.05, 4.69) is 22.9 Å². The van der Waals surface area contributed by atoms with Gasteiger partial charge in [-0.15, -0.1) is 0 Å². The van der Waals surface area contributed by atoms with Gasteiger partial charge in [0, 0.05) is 22.2 Å². The molecule has 4 nitrogen and oxygen atoms in total. The predicted molar refractivity (Wildman–Crippen MR) is 97.2 cm³/mol. The van der Waals surface area contributed by atoms with E-state index in [1.54, 1.807) is 0 Å². The quantitative estimate of drug-likeness (QED) is 0.731. The van der Waals surface area contributed by atoms with Crippen LogP contribution >= 0.6 is 15.9 Å². The number of amides is 1. The van der Waals surface area contributed by atoms with Gasteiger partial charge in [0.1, 0.15) is 0 Å². The van der Waals surface area contributed by atoms with Gasteiger partial charge < -0.3 is 14.4 Å². The van der Waals surface area contributed by atoms with Crippen LogP contribution in [0.3, 0.4) is 0 Å². The number of anilines is 1. The molecule has 4 rings (SSSR count). The number of rotatable bonds is 3. The Labute approximate surface area is 148 Å². The highest BCUT2D eigenvalue weighted by molar-refractivity contribution is 9.10. The molecule has 2 aromatic rings. The standard InChI is InChI=1S/C19H16BrNO3/c1-2-7-21-16-6-4-3-5-13(16)14(19(21)22)8-12-9-17-18(10-15(12)20)24-11-23-17/h3-6,8-10H,2,7,11H2,1H3/b14-8-. The minimum absolute atomic E-state index is 0.0441. The highest BCUT2D eigenvalue weighted by Gasteiger charge is 2.31. The molecule has 0 saturated heterocycles. The van der Waals surface area contributed by atoms with Gasteiger partial charge in [-0.3, -0.25) is 4.79 Å². The van der Waals surface area contributed by atoms with Crippen LogP contribution in [0.25, 0.3) is 11.6 Å². The number of carbonyl (C=O) groups excluding carboxylic acids is 1. The summed E-state index contributed by atoms with van der Waals surface area (Å²) >= 11 is 3.56. The molecule has 2 aliphatic rings. The third kappa shape index (κ3) is 2.40. The van der Waals surface area contributed by atoms with Crippen LogP contribution in [0.4, 0.5) is 5.69 Å². The molecule has 0 radical (unpaired) electrons. The molecule has 122 valence electrons. The van der Waals surface area contributed by atoms with Crippen LogP contribution in [0.5, 0.6) is 11.5 Å². The molecular formula is C19H16BrNO3. The lowest BCUT2D eigenvalue weighted by Crippen LogP contribution is -2.26. The van der Waals surface area contributed by atoms with Crippen LogP contribution in [0.15, 0.2) is 40.9 Å². The molecule has 0 aliphatic carbocycles. The van der Waals surface area contributed by atoms with Crippen LogP contribution in [0, 0.1) is 0 Å². The number of nitrogens with zero attached hydrogens (tertiary/aromatic N) is 1. The molecule has 0 spiro atoms. The number of hydrogen-bond donors (Lipinski definition) is 0. The Morgan fingerprint density at radius 1 is 1.21 bits per heavy atom. The van der Waals surface area contributed by atoms with Crippen molar-refractivity contribution in [2.45, 2.75) is 13.3 Å². The fraction of sp³-hybridized carbons (Fsp3) is 0.211. The van der Waals surface area contributed by atoms with E-state index in [0.717, 1.165) is 40.0 Å². The average molecular weight is 386 g/mol. The first-order valence-electron chi connectivity index (χ1n) is 7.91. The van der Waals surface area contributed by atoms with E-state index >= 15 is 0 Å². The summed E-state index contributed by atoms with van der Waals surface area (Å²) in [4.78, 5) is 14.7. The van der Waals surface area contributed by atoms with Gasteiger partial charge in [0.15, 0.2) is 11.5 Å². The normalized spacial score (nSPS) is 16.8. The molecule has 0 N–H and O–H groups in total. The Morgan fingerprint density at radius 2 is 1.96 bits per heavy atom. The molecule has 5 heteroatoms. The summed E-state index contributed by atoms with van der Waals surface area (Å²) in [5, 5.41) is 0. The number of benzene rings is 2. The first-order valence-corrected chi connectivity index (χ1v) is 8.70. The van der Waals surface area contributed by atoms with Gasteiger partial charge in [0.25, 0.3) is 5.91 Å². The molecule has 2 aromatic carbocycles. The van der Waals surface area contributed by atoms with Gasteiger partial charge in [-0.05, 0) is 36.3 Å². The summed E-state index contributed by atoms with van der Waals surface area (Å²) in [6.45, 7) is 3.02. The first kappa shape index (κ1) is 15.3. The Balaban J connectivity index is 1.82. The van der Waals surface area contributed by atoms with Crippen molar-refractivity contribution in [3.05, 3.63) is 52.0 Å². The molecule has 2 aliphatic heterocycles. The minimum Gasteiger partial charge on any atom is -0.454 e. The third-order valence-corrected chi connectivity index (χ3v) is 4.89. The second kappa shape index (κ2) is 5.98. The van der Waals surface area contributed by atoms with Gasteiger partial charge in [0.2, 0.25) is 6.79 Å². The number of halogens is 1. The Hall–Kier alpha value is -2.27. The van der Waals surface area contributed by atoms with Crippen molar-refractivity contribution >= 4 is 39.2 Å². The number of carbonyl (C=O) groups is 1. The van der Waals surface area contributed by atoms with E-state index in [9.17, 15) is 4.79 Å². The fourth-order valence-electron chi connectivity index (χ4n) is 3.09. The second-order valence-electron chi connectivity index (χ2n) is 5.76. The van der Waals surface area contributed by atoms with Gasteiger partial charge in [-0.1, -0.05) is 41.1 Å². The van der Waals surface area contributed by atoms with Crippen LogP contribution < -0.4 is 14.4 Å². The van der Waals surface area contributed by atoms with Gasteiger partial charge in [0.05, 0.1) is 5.69 Å². The lowest BCUT2D eigenvalue weighted by Gasteiger charge is -2.15. The molecule has 1 amide bonds. The summed E-state index contributed by atoms with van der Waals surface area (Å²) in [6.07, 6.45) is 2.84. The fourth-order valence-corrected chi connectivity index (χ4v) is 3.53. The van der Waals surface area contributed by atoms with Crippen molar-refractivity contribution in [2.75, 3.05) is 18.2 Å². The molecule has 0 unspecified atom stereocenters. The van der Waals surface area contributed by atoms with E-state index in [1.807, 2.05) is 47.4 Å². The van der Waals surface area contributed by atoms with Crippen molar-refractivity contribution in [2.24, 2.45) is 0 Å². The summed E-state index contributed by atoms with van der Waals surface area (Å²) in [5.74, 6) is 1.46. The minimum atomic E-state index is 0.0441. The van der Waals surface area contributed by atoms with Crippen molar-refractivity contribution in [1.82, 2.24) is 0 Å². The molecule has 2 heterocycles. The average Bonchev–Trinajstić information content (AvgIpc) is 3.13. The zero-order valence-corrected chi connectivity index (χ0v) is 14.8. The van der Waals surface area contributed by atoms with Crippen LogP contribution in [0.1, 0.15) is 24.5 Å². The maximum Gasteiger partial charge on any atom is 0.258 e. The summed E-state index contributed by atoms with van der Waals surface area (Å²) in [5.41, 5.74) is 3.56. The summed E-state index contributed by atoms with van der Waals surface area (Å²) in [7, 11) is 0. The zero-order valence-electron chi connectivity index (χ0n) is 13.2. The van der Waals surface area contributed by atoms with Crippen molar-refractivity contribution in [3.63, 3.8) is 0 Å². The van der Waals surface area contributed by atoms with Crippen molar-refractivity contribution < 1.29 is 14.3 Å². The number of para-hydroxylation sites is 1.